The van der Waals surface area contributed by atoms with Crippen molar-refractivity contribution >= 4 is 23.1 Å². The van der Waals surface area contributed by atoms with E-state index in [0.29, 0.717) is 5.56 Å². The minimum Gasteiger partial charge on any atom is -0.357 e. The minimum absolute atomic E-state index is 0.147. The molecule has 1 N–H and O–H groups in total. The summed E-state index contributed by atoms with van der Waals surface area (Å²) in [6, 6.07) is 15.5. The first kappa shape index (κ1) is 22.0. The van der Waals surface area contributed by atoms with Crippen molar-refractivity contribution in [2.75, 3.05) is 23.3 Å². The molecule has 1 saturated heterocycles. The van der Waals surface area contributed by atoms with Crippen molar-refractivity contribution in [1.29, 1.82) is 0 Å². The molecule has 0 aliphatic carbocycles. The maximum Gasteiger partial charge on any atom is 0.255 e. The maximum atomic E-state index is 13.1. The van der Waals surface area contributed by atoms with Crippen molar-refractivity contribution < 1.29 is 4.79 Å². The largest absolute Gasteiger partial charge is 0.357 e. The van der Waals surface area contributed by atoms with Gasteiger partial charge in [0.25, 0.3) is 5.91 Å². The summed E-state index contributed by atoms with van der Waals surface area (Å²) in [5, 5.41) is 7.76. The van der Waals surface area contributed by atoms with Crippen LogP contribution >= 0.6 is 0 Å². The number of carbonyl (C=O) groups excluding carboxylic acids is 1. The van der Waals surface area contributed by atoms with E-state index in [9.17, 15) is 4.79 Å². The van der Waals surface area contributed by atoms with Gasteiger partial charge in [0.15, 0.2) is 0 Å². The fourth-order valence-electron chi connectivity index (χ4n) is 4.74. The first-order chi connectivity index (χ1) is 17.7. The van der Waals surface area contributed by atoms with Crippen LogP contribution in [-0.4, -0.2) is 43.1 Å². The predicted octanol–water partition coefficient (Wildman–Crippen LogP) is 5.13. The number of anilines is 2. The molecule has 8 heteroatoms. The standard InChI is InChI=1S/C28H27N7O/c1-20-7-8-23(31-28(36)21-9-11-30-26(16-21)33-12-3-2-4-13-33)17-25(20)34-14-15-35-27(34)18-24(32-35)22-6-5-10-29-19-22/h5-11,14-19H,2-4,12-13H2,1H3,(H,31,36). The first-order valence-electron chi connectivity index (χ1n) is 12.3. The van der Waals surface area contributed by atoms with Crippen molar-refractivity contribution in [1.82, 2.24) is 24.1 Å². The predicted molar refractivity (Wildman–Crippen MR) is 141 cm³/mol. The summed E-state index contributed by atoms with van der Waals surface area (Å²) >= 11 is 0. The lowest BCUT2D eigenvalue weighted by atomic mass is 10.1. The van der Waals surface area contributed by atoms with Gasteiger partial charge in [0, 0.05) is 67.0 Å². The number of piperidine rings is 1. The molecule has 0 saturated carbocycles. The number of pyridine rings is 2. The SMILES string of the molecule is Cc1ccc(NC(=O)c2ccnc(N3CCCCC3)c2)cc1-n1ccn2nc(-c3cccnc3)cc12. The molecule has 0 atom stereocenters. The second kappa shape index (κ2) is 9.30. The van der Waals surface area contributed by atoms with Gasteiger partial charge in [-0.3, -0.25) is 14.3 Å². The second-order valence-corrected chi connectivity index (χ2v) is 9.15. The fraction of sp³-hybridized carbons (Fsp3) is 0.214. The third-order valence-corrected chi connectivity index (χ3v) is 6.69. The van der Waals surface area contributed by atoms with E-state index >= 15 is 0 Å². The summed E-state index contributed by atoms with van der Waals surface area (Å²) in [4.78, 5) is 24.1. The molecule has 1 aliphatic rings. The quantitative estimate of drug-likeness (QED) is 0.379. The number of benzene rings is 1. The molecule has 6 rings (SSSR count). The molecule has 1 aliphatic heterocycles. The number of amides is 1. The van der Waals surface area contributed by atoms with Gasteiger partial charge in [-0.2, -0.15) is 5.10 Å². The van der Waals surface area contributed by atoms with Gasteiger partial charge in [0.2, 0.25) is 0 Å². The molecule has 5 aromatic rings. The average Bonchev–Trinajstić information content (AvgIpc) is 3.52. The fourth-order valence-corrected chi connectivity index (χ4v) is 4.74. The highest BCUT2D eigenvalue weighted by atomic mass is 16.1. The van der Waals surface area contributed by atoms with E-state index in [2.05, 4.69) is 31.7 Å². The van der Waals surface area contributed by atoms with E-state index in [-0.39, 0.29) is 5.91 Å². The smallest absolute Gasteiger partial charge is 0.255 e. The highest BCUT2D eigenvalue weighted by Gasteiger charge is 2.16. The molecule has 36 heavy (non-hydrogen) atoms. The highest BCUT2D eigenvalue weighted by Crippen LogP contribution is 2.26. The molecule has 1 amide bonds. The Bertz CT molecular complexity index is 1530. The average molecular weight is 478 g/mol. The molecular formula is C28H27N7O. The Morgan fingerprint density at radius 1 is 0.972 bits per heavy atom. The monoisotopic (exact) mass is 477 g/mol. The number of aromatic nitrogens is 5. The van der Waals surface area contributed by atoms with Crippen LogP contribution in [0.2, 0.25) is 0 Å². The van der Waals surface area contributed by atoms with Crippen LogP contribution in [0.3, 0.4) is 0 Å². The van der Waals surface area contributed by atoms with Gasteiger partial charge in [-0.25, -0.2) is 9.50 Å². The van der Waals surface area contributed by atoms with Crippen LogP contribution < -0.4 is 10.2 Å². The summed E-state index contributed by atoms with van der Waals surface area (Å²) in [6.07, 6.45) is 12.8. The second-order valence-electron chi connectivity index (χ2n) is 9.15. The van der Waals surface area contributed by atoms with Gasteiger partial charge in [-0.1, -0.05) is 6.07 Å². The van der Waals surface area contributed by atoms with E-state index < -0.39 is 0 Å². The third kappa shape index (κ3) is 4.22. The summed E-state index contributed by atoms with van der Waals surface area (Å²) in [5.41, 5.74) is 6.16. The Morgan fingerprint density at radius 2 is 1.86 bits per heavy atom. The number of nitrogens with one attached hydrogen (secondary N) is 1. The number of imidazole rings is 1. The zero-order chi connectivity index (χ0) is 24.5. The van der Waals surface area contributed by atoms with Crippen molar-refractivity contribution in [2.24, 2.45) is 0 Å². The molecule has 5 heterocycles. The number of carbonyl (C=O) groups is 1. The summed E-state index contributed by atoms with van der Waals surface area (Å²) < 4.78 is 3.94. The van der Waals surface area contributed by atoms with Crippen LogP contribution in [0.1, 0.15) is 35.2 Å². The van der Waals surface area contributed by atoms with Gasteiger partial charge < -0.3 is 10.2 Å². The van der Waals surface area contributed by atoms with E-state index in [0.717, 1.165) is 65.6 Å². The molecule has 0 radical (unpaired) electrons. The summed E-state index contributed by atoms with van der Waals surface area (Å²) in [5.74, 6) is 0.721. The molecule has 180 valence electrons. The molecule has 0 bridgehead atoms. The Morgan fingerprint density at radius 3 is 2.69 bits per heavy atom. The first-order valence-corrected chi connectivity index (χ1v) is 12.3. The zero-order valence-electron chi connectivity index (χ0n) is 20.1. The lowest BCUT2D eigenvalue weighted by Crippen LogP contribution is -2.30. The van der Waals surface area contributed by atoms with Gasteiger partial charge in [0.1, 0.15) is 11.5 Å². The molecule has 0 unspecified atom stereocenters. The number of hydrogen-bond donors (Lipinski definition) is 1. The van der Waals surface area contributed by atoms with Crippen LogP contribution in [0.15, 0.2) is 79.5 Å². The van der Waals surface area contributed by atoms with Crippen molar-refractivity contribution in [3.8, 4) is 16.9 Å². The topological polar surface area (TPSA) is 80.4 Å². The van der Waals surface area contributed by atoms with Gasteiger partial charge in [-0.05, 0) is 68.1 Å². The number of fused-ring (bicyclic) bond motifs is 1. The lowest BCUT2D eigenvalue weighted by molar-refractivity contribution is 0.102. The Labute approximate surface area is 209 Å². The number of nitrogens with zero attached hydrogens (tertiary/aromatic N) is 6. The van der Waals surface area contributed by atoms with Crippen LogP contribution in [0.4, 0.5) is 11.5 Å². The van der Waals surface area contributed by atoms with Crippen molar-refractivity contribution in [3.05, 3.63) is 90.6 Å². The summed E-state index contributed by atoms with van der Waals surface area (Å²) in [6.45, 7) is 4.03. The number of hydrogen-bond acceptors (Lipinski definition) is 5. The Balaban J connectivity index is 1.27. The Hall–Kier alpha value is -4.46. The molecule has 8 nitrogen and oxygen atoms in total. The maximum absolute atomic E-state index is 13.1. The van der Waals surface area contributed by atoms with Crippen molar-refractivity contribution in [2.45, 2.75) is 26.2 Å². The molecule has 1 fully saturated rings. The molecule has 0 spiro atoms. The third-order valence-electron chi connectivity index (χ3n) is 6.69. The van der Waals surface area contributed by atoms with Crippen LogP contribution in [0.25, 0.3) is 22.6 Å². The van der Waals surface area contributed by atoms with Gasteiger partial charge in [0.05, 0.1) is 11.4 Å². The Kier molecular flexibility index (Phi) is 5.69. The lowest BCUT2D eigenvalue weighted by Gasteiger charge is -2.27. The van der Waals surface area contributed by atoms with E-state index in [4.69, 9.17) is 5.10 Å². The molecule has 4 aromatic heterocycles. The van der Waals surface area contributed by atoms with Crippen LogP contribution in [0, 0.1) is 6.92 Å². The van der Waals surface area contributed by atoms with Crippen molar-refractivity contribution in [3.63, 3.8) is 0 Å². The normalized spacial score (nSPS) is 13.8. The highest BCUT2D eigenvalue weighted by molar-refractivity contribution is 6.04. The van der Waals surface area contributed by atoms with E-state index in [1.54, 1.807) is 18.5 Å². The van der Waals surface area contributed by atoms with E-state index in [1.165, 1.54) is 6.42 Å². The summed E-state index contributed by atoms with van der Waals surface area (Å²) in [7, 11) is 0. The number of aryl methyl sites for hydroxylation is 1. The number of rotatable bonds is 5. The molecule has 1 aromatic carbocycles. The minimum atomic E-state index is -0.147. The van der Waals surface area contributed by atoms with Crippen LogP contribution in [-0.2, 0) is 0 Å². The van der Waals surface area contributed by atoms with Crippen LogP contribution in [0.5, 0.6) is 0 Å². The zero-order valence-corrected chi connectivity index (χ0v) is 20.1. The van der Waals surface area contributed by atoms with Gasteiger partial charge in [-0.15, -0.1) is 0 Å². The van der Waals surface area contributed by atoms with E-state index in [1.807, 2.05) is 65.6 Å². The van der Waals surface area contributed by atoms with Gasteiger partial charge >= 0.3 is 0 Å². The molecular weight excluding hydrogens is 450 g/mol.